The molecule has 0 aliphatic heterocycles. The van der Waals surface area contributed by atoms with Crippen molar-refractivity contribution < 1.29 is 13.9 Å². The minimum atomic E-state index is -0.349. The van der Waals surface area contributed by atoms with Crippen LogP contribution in [0, 0.1) is 12.7 Å². The molecule has 0 fully saturated rings. The second kappa shape index (κ2) is 4.22. The van der Waals surface area contributed by atoms with Crippen LogP contribution >= 0.6 is 0 Å². The third kappa shape index (κ3) is 2.31. The number of hydrogen-bond donors (Lipinski definition) is 0. The minimum absolute atomic E-state index is 0.0604. The highest BCUT2D eigenvalue weighted by atomic mass is 19.1. The molecule has 14 heavy (non-hydrogen) atoms. The zero-order chi connectivity index (χ0) is 10.7. The Morgan fingerprint density at radius 1 is 1.50 bits per heavy atom. The molecule has 0 heterocycles. The highest BCUT2D eigenvalue weighted by molar-refractivity contribution is 5.78. The topological polar surface area (TPSA) is 26.3 Å². The molecule has 1 rings (SSSR count). The number of hydrogen-bond acceptors (Lipinski definition) is 2. The van der Waals surface area contributed by atoms with Crippen LogP contribution in [0.15, 0.2) is 12.1 Å². The number of carbonyl (C=O) groups is 1. The van der Waals surface area contributed by atoms with E-state index in [4.69, 9.17) is 4.74 Å². The Morgan fingerprint density at radius 3 is 2.64 bits per heavy atom. The summed E-state index contributed by atoms with van der Waals surface area (Å²) in [6.07, 6.45) is 0.114. The van der Waals surface area contributed by atoms with Crippen molar-refractivity contribution in [3.05, 3.63) is 29.1 Å². The fourth-order valence-electron chi connectivity index (χ4n) is 1.32. The SMILES string of the molecule is COc1cc(CC(C)=O)c(F)cc1C. The summed E-state index contributed by atoms with van der Waals surface area (Å²) >= 11 is 0. The maximum absolute atomic E-state index is 13.3. The van der Waals surface area contributed by atoms with Crippen molar-refractivity contribution in [3.63, 3.8) is 0 Å². The van der Waals surface area contributed by atoms with E-state index in [9.17, 15) is 9.18 Å². The number of halogens is 1. The Kier molecular flexibility index (Phi) is 3.23. The number of Topliss-reactive ketones (excluding diaryl/α,β-unsaturated/α-hetero) is 1. The number of ketones is 1. The summed E-state index contributed by atoms with van der Waals surface area (Å²) in [5.74, 6) is 0.205. The third-order valence-electron chi connectivity index (χ3n) is 2.00. The molecule has 76 valence electrons. The van der Waals surface area contributed by atoms with Crippen molar-refractivity contribution in [2.75, 3.05) is 7.11 Å². The molecular formula is C11H13FO2. The average molecular weight is 196 g/mol. The second-order valence-electron chi connectivity index (χ2n) is 3.29. The van der Waals surface area contributed by atoms with Gasteiger partial charge in [-0.2, -0.15) is 0 Å². The van der Waals surface area contributed by atoms with E-state index >= 15 is 0 Å². The van der Waals surface area contributed by atoms with Gasteiger partial charge in [-0.15, -0.1) is 0 Å². The lowest BCUT2D eigenvalue weighted by atomic mass is 10.1. The maximum atomic E-state index is 13.3. The predicted octanol–water partition coefficient (Wildman–Crippen LogP) is 2.27. The van der Waals surface area contributed by atoms with Gasteiger partial charge in [0.2, 0.25) is 0 Å². The first-order chi connectivity index (χ1) is 6.54. The van der Waals surface area contributed by atoms with Gasteiger partial charge in [-0.05, 0) is 37.1 Å². The van der Waals surface area contributed by atoms with E-state index in [0.29, 0.717) is 11.3 Å². The molecule has 0 unspecified atom stereocenters. The van der Waals surface area contributed by atoms with Crippen LogP contribution in [0.4, 0.5) is 4.39 Å². The standard InChI is InChI=1S/C11H13FO2/c1-7-4-10(12)9(5-8(2)13)6-11(7)14-3/h4,6H,5H2,1-3H3. The molecule has 2 nitrogen and oxygen atoms in total. The Hall–Kier alpha value is -1.38. The molecule has 0 saturated carbocycles. The van der Waals surface area contributed by atoms with E-state index in [0.717, 1.165) is 5.56 Å². The molecule has 0 radical (unpaired) electrons. The van der Waals surface area contributed by atoms with Crippen molar-refractivity contribution in [3.8, 4) is 5.75 Å². The fourth-order valence-corrected chi connectivity index (χ4v) is 1.32. The van der Waals surface area contributed by atoms with Crippen LogP contribution in [0.1, 0.15) is 18.1 Å². The average Bonchev–Trinajstić information content (AvgIpc) is 2.09. The van der Waals surface area contributed by atoms with Gasteiger partial charge in [-0.1, -0.05) is 0 Å². The van der Waals surface area contributed by atoms with Gasteiger partial charge in [0, 0.05) is 6.42 Å². The molecule has 0 aromatic heterocycles. The fraction of sp³-hybridized carbons (Fsp3) is 0.364. The van der Waals surface area contributed by atoms with Gasteiger partial charge < -0.3 is 4.74 Å². The number of ether oxygens (including phenoxy) is 1. The lowest BCUT2D eigenvalue weighted by molar-refractivity contribution is -0.116. The van der Waals surface area contributed by atoms with E-state index in [1.54, 1.807) is 13.0 Å². The number of rotatable bonds is 3. The number of aryl methyl sites for hydroxylation is 1. The normalized spacial score (nSPS) is 10.0. The summed E-state index contributed by atoms with van der Waals surface area (Å²) in [5.41, 5.74) is 1.12. The Balaban J connectivity index is 3.10. The van der Waals surface area contributed by atoms with Crippen molar-refractivity contribution in [2.45, 2.75) is 20.3 Å². The second-order valence-corrected chi connectivity index (χ2v) is 3.29. The lowest BCUT2D eigenvalue weighted by Gasteiger charge is -2.07. The molecule has 0 atom stereocenters. The van der Waals surface area contributed by atoms with Crippen molar-refractivity contribution >= 4 is 5.78 Å². The zero-order valence-electron chi connectivity index (χ0n) is 8.56. The van der Waals surface area contributed by atoms with Crippen molar-refractivity contribution in [2.24, 2.45) is 0 Å². The monoisotopic (exact) mass is 196 g/mol. The van der Waals surface area contributed by atoms with E-state index in [2.05, 4.69) is 0 Å². The molecule has 0 saturated heterocycles. The number of carbonyl (C=O) groups excluding carboxylic acids is 1. The molecule has 0 spiro atoms. The summed E-state index contributed by atoms with van der Waals surface area (Å²) in [6, 6.07) is 2.96. The summed E-state index contributed by atoms with van der Waals surface area (Å²) in [5, 5.41) is 0. The Morgan fingerprint density at radius 2 is 2.14 bits per heavy atom. The quantitative estimate of drug-likeness (QED) is 0.741. The highest BCUT2D eigenvalue weighted by Gasteiger charge is 2.09. The number of benzene rings is 1. The first-order valence-corrected chi connectivity index (χ1v) is 4.37. The van der Waals surface area contributed by atoms with Gasteiger partial charge in [-0.3, -0.25) is 4.79 Å². The van der Waals surface area contributed by atoms with Gasteiger partial charge in [0.1, 0.15) is 17.3 Å². The van der Waals surface area contributed by atoms with Gasteiger partial charge >= 0.3 is 0 Å². The molecular weight excluding hydrogens is 183 g/mol. The predicted molar refractivity (Wildman–Crippen MR) is 52.1 cm³/mol. The largest absolute Gasteiger partial charge is 0.496 e. The Bertz CT molecular complexity index is 359. The van der Waals surface area contributed by atoms with E-state index in [1.165, 1.54) is 20.1 Å². The molecule has 1 aromatic carbocycles. The minimum Gasteiger partial charge on any atom is -0.496 e. The van der Waals surface area contributed by atoms with Crippen LogP contribution < -0.4 is 4.74 Å². The molecule has 0 bridgehead atoms. The first kappa shape index (κ1) is 10.7. The molecule has 3 heteroatoms. The third-order valence-corrected chi connectivity index (χ3v) is 2.00. The zero-order valence-corrected chi connectivity index (χ0v) is 8.56. The molecule has 0 aliphatic carbocycles. The van der Waals surface area contributed by atoms with Crippen molar-refractivity contribution in [1.82, 2.24) is 0 Å². The smallest absolute Gasteiger partial charge is 0.134 e. The summed E-state index contributed by atoms with van der Waals surface area (Å²) in [4.78, 5) is 10.8. The molecule has 1 aromatic rings. The van der Waals surface area contributed by atoms with Crippen LogP contribution in [-0.4, -0.2) is 12.9 Å². The van der Waals surface area contributed by atoms with E-state index in [1.807, 2.05) is 0 Å². The van der Waals surface area contributed by atoms with E-state index in [-0.39, 0.29) is 18.0 Å². The summed E-state index contributed by atoms with van der Waals surface area (Å²) < 4.78 is 18.4. The van der Waals surface area contributed by atoms with Gasteiger partial charge in [0.15, 0.2) is 0 Å². The molecule has 0 N–H and O–H groups in total. The van der Waals surface area contributed by atoms with Crippen LogP contribution in [0.5, 0.6) is 5.75 Å². The van der Waals surface area contributed by atoms with Gasteiger partial charge in [-0.25, -0.2) is 4.39 Å². The first-order valence-electron chi connectivity index (χ1n) is 4.37. The molecule has 0 amide bonds. The lowest BCUT2D eigenvalue weighted by Crippen LogP contribution is -2.01. The van der Waals surface area contributed by atoms with Gasteiger partial charge in [0.05, 0.1) is 7.11 Å². The van der Waals surface area contributed by atoms with Gasteiger partial charge in [0.25, 0.3) is 0 Å². The van der Waals surface area contributed by atoms with Crippen LogP contribution in [0.3, 0.4) is 0 Å². The molecule has 0 aliphatic rings. The van der Waals surface area contributed by atoms with Crippen LogP contribution in [0.25, 0.3) is 0 Å². The van der Waals surface area contributed by atoms with E-state index < -0.39 is 0 Å². The Labute approximate surface area is 82.7 Å². The van der Waals surface area contributed by atoms with Crippen LogP contribution in [-0.2, 0) is 11.2 Å². The van der Waals surface area contributed by atoms with Crippen molar-refractivity contribution in [1.29, 1.82) is 0 Å². The van der Waals surface area contributed by atoms with Crippen LogP contribution in [0.2, 0.25) is 0 Å². The highest BCUT2D eigenvalue weighted by Crippen LogP contribution is 2.22. The number of methoxy groups -OCH3 is 1. The summed E-state index contributed by atoms with van der Waals surface area (Å²) in [7, 11) is 1.53. The maximum Gasteiger partial charge on any atom is 0.134 e. The summed E-state index contributed by atoms with van der Waals surface area (Å²) in [6.45, 7) is 3.20.